The normalized spacial score (nSPS) is 11.5. The van der Waals surface area contributed by atoms with Crippen LogP contribution < -0.4 is 10.5 Å². The zero-order chi connectivity index (χ0) is 15.8. The molecule has 0 radical (unpaired) electrons. The summed E-state index contributed by atoms with van der Waals surface area (Å²) in [6, 6.07) is 6.11. The number of aryl methyl sites for hydroxylation is 2. The molecule has 21 heavy (non-hydrogen) atoms. The lowest BCUT2D eigenvalue weighted by Crippen LogP contribution is -2.13. The van der Waals surface area contributed by atoms with Crippen molar-refractivity contribution < 1.29 is 4.74 Å². The fraction of sp³-hybridized carbons (Fsp3) is 0.375. The van der Waals surface area contributed by atoms with E-state index in [4.69, 9.17) is 22.1 Å². The van der Waals surface area contributed by atoms with Crippen LogP contribution in [0.3, 0.4) is 0 Å². The molecule has 5 heteroatoms. The van der Waals surface area contributed by atoms with Gasteiger partial charge in [0, 0.05) is 5.56 Å². The van der Waals surface area contributed by atoms with Gasteiger partial charge in [0.05, 0.1) is 5.69 Å². The summed E-state index contributed by atoms with van der Waals surface area (Å²) in [6.45, 7) is 10.2. The summed E-state index contributed by atoms with van der Waals surface area (Å²) in [4.78, 5) is 8.10. The van der Waals surface area contributed by atoms with Gasteiger partial charge in [0.2, 0.25) is 11.2 Å². The van der Waals surface area contributed by atoms with E-state index in [1.807, 2.05) is 13.0 Å². The van der Waals surface area contributed by atoms with Gasteiger partial charge in [0.1, 0.15) is 11.4 Å². The highest BCUT2D eigenvalue weighted by Crippen LogP contribution is 2.36. The summed E-state index contributed by atoms with van der Waals surface area (Å²) in [6.07, 6.45) is 0. The molecule has 4 nitrogen and oxygen atoms in total. The molecule has 1 aromatic carbocycles. The van der Waals surface area contributed by atoms with Crippen LogP contribution in [0.4, 0.5) is 5.69 Å². The highest BCUT2D eigenvalue weighted by atomic mass is 35.5. The third kappa shape index (κ3) is 3.45. The standard InChI is InChI=1S/C16H20ClN3O/c1-9-6-7-11(16(3,4)5)12(8-9)21-14-13(18)10(2)19-15(17)20-14/h6-8H,18H2,1-5H3. The molecule has 0 fully saturated rings. The highest BCUT2D eigenvalue weighted by molar-refractivity contribution is 6.28. The largest absolute Gasteiger partial charge is 0.437 e. The summed E-state index contributed by atoms with van der Waals surface area (Å²) < 4.78 is 5.95. The third-order valence-corrected chi connectivity index (χ3v) is 3.39. The zero-order valence-electron chi connectivity index (χ0n) is 13.0. The maximum absolute atomic E-state index is 5.99. The molecule has 112 valence electrons. The number of nitrogen functional groups attached to an aromatic ring is 1. The molecule has 0 spiro atoms. The predicted octanol–water partition coefficient (Wildman–Crippen LogP) is 4.42. The molecule has 0 saturated carbocycles. The van der Waals surface area contributed by atoms with Crippen LogP contribution in [0.1, 0.15) is 37.6 Å². The van der Waals surface area contributed by atoms with Crippen molar-refractivity contribution in [1.82, 2.24) is 9.97 Å². The van der Waals surface area contributed by atoms with E-state index in [0.29, 0.717) is 17.3 Å². The maximum atomic E-state index is 5.99. The fourth-order valence-electron chi connectivity index (χ4n) is 2.04. The summed E-state index contributed by atoms with van der Waals surface area (Å²) in [5, 5.41) is 0.127. The number of hydrogen-bond donors (Lipinski definition) is 1. The lowest BCUT2D eigenvalue weighted by atomic mass is 9.86. The van der Waals surface area contributed by atoms with Gasteiger partial charge in [0.15, 0.2) is 0 Å². The van der Waals surface area contributed by atoms with E-state index in [1.54, 1.807) is 6.92 Å². The van der Waals surface area contributed by atoms with Gasteiger partial charge >= 0.3 is 0 Å². The lowest BCUT2D eigenvalue weighted by Gasteiger charge is -2.23. The molecule has 0 aliphatic carbocycles. The summed E-state index contributed by atoms with van der Waals surface area (Å²) in [7, 11) is 0. The van der Waals surface area contributed by atoms with E-state index >= 15 is 0 Å². The van der Waals surface area contributed by atoms with Crippen LogP contribution in [-0.4, -0.2) is 9.97 Å². The number of hydrogen-bond acceptors (Lipinski definition) is 4. The molecule has 2 aromatic rings. The van der Waals surface area contributed by atoms with Crippen molar-refractivity contribution in [2.75, 3.05) is 5.73 Å². The number of nitrogens with zero attached hydrogens (tertiary/aromatic N) is 2. The number of nitrogens with two attached hydrogens (primary N) is 1. The van der Waals surface area contributed by atoms with Crippen LogP contribution in [0.5, 0.6) is 11.6 Å². The minimum Gasteiger partial charge on any atom is -0.437 e. The Bertz CT molecular complexity index is 678. The zero-order valence-corrected chi connectivity index (χ0v) is 13.7. The molecule has 2 rings (SSSR count). The van der Waals surface area contributed by atoms with Crippen LogP contribution in [0.25, 0.3) is 0 Å². The molecule has 0 aliphatic heterocycles. The quantitative estimate of drug-likeness (QED) is 0.834. The van der Waals surface area contributed by atoms with Gasteiger partial charge in [-0.25, -0.2) is 4.98 Å². The number of anilines is 1. The van der Waals surface area contributed by atoms with Crippen molar-refractivity contribution in [2.45, 2.75) is 40.0 Å². The Morgan fingerprint density at radius 2 is 1.81 bits per heavy atom. The van der Waals surface area contributed by atoms with Gasteiger partial charge in [-0.2, -0.15) is 4.98 Å². The topological polar surface area (TPSA) is 61.0 Å². The summed E-state index contributed by atoms with van der Waals surface area (Å²) in [5.41, 5.74) is 9.13. The minimum absolute atomic E-state index is 0.0519. The van der Waals surface area contributed by atoms with E-state index in [2.05, 4.69) is 42.9 Å². The second-order valence-corrected chi connectivity index (χ2v) is 6.49. The number of aromatic nitrogens is 2. The van der Waals surface area contributed by atoms with Gasteiger partial charge in [-0.3, -0.25) is 0 Å². The average Bonchev–Trinajstić information content (AvgIpc) is 2.34. The molecular weight excluding hydrogens is 286 g/mol. The van der Waals surface area contributed by atoms with E-state index in [0.717, 1.165) is 16.9 Å². The van der Waals surface area contributed by atoms with Crippen molar-refractivity contribution >= 4 is 17.3 Å². The molecule has 0 bridgehead atoms. The Morgan fingerprint density at radius 1 is 1.14 bits per heavy atom. The van der Waals surface area contributed by atoms with Crippen molar-refractivity contribution in [1.29, 1.82) is 0 Å². The molecule has 0 unspecified atom stereocenters. The van der Waals surface area contributed by atoms with Gasteiger partial charge in [0.25, 0.3) is 0 Å². The SMILES string of the molecule is Cc1ccc(C(C)(C)C)c(Oc2nc(Cl)nc(C)c2N)c1. The van der Waals surface area contributed by atoms with Crippen LogP contribution in [-0.2, 0) is 5.41 Å². The van der Waals surface area contributed by atoms with E-state index in [1.165, 1.54) is 0 Å². The number of ether oxygens (including phenoxy) is 1. The molecule has 0 saturated heterocycles. The number of halogens is 1. The van der Waals surface area contributed by atoms with Crippen molar-refractivity contribution in [3.05, 3.63) is 40.3 Å². The minimum atomic E-state index is -0.0519. The molecule has 2 N–H and O–H groups in total. The fourth-order valence-corrected chi connectivity index (χ4v) is 2.24. The predicted molar refractivity (Wildman–Crippen MR) is 86.1 cm³/mol. The van der Waals surface area contributed by atoms with Gasteiger partial charge in [-0.15, -0.1) is 0 Å². The number of benzene rings is 1. The smallest absolute Gasteiger partial charge is 0.247 e. The van der Waals surface area contributed by atoms with Crippen molar-refractivity contribution in [3.8, 4) is 11.6 Å². The Balaban J connectivity index is 2.52. The lowest BCUT2D eigenvalue weighted by molar-refractivity contribution is 0.440. The van der Waals surface area contributed by atoms with E-state index in [9.17, 15) is 0 Å². The Labute approximate surface area is 130 Å². The second kappa shape index (κ2) is 5.53. The Kier molecular flexibility index (Phi) is 4.10. The van der Waals surface area contributed by atoms with Crippen molar-refractivity contribution in [3.63, 3.8) is 0 Å². The van der Waals surface area contributed by atoms with Crippen LogP contribution >= 0.6 is 11.6 Å². The van der Waals surface area contributed by atoms with Crippen molar-refractivity contribution in [2.24, 2.45) is 0 Å². The van der Waals surface area contributed by atoms with Crippen LogP contribution in [0.2, 0.25) is 5.28 Å². The first-order valence-corrected chi connectivity index (χ1v) is 7.15. The maximum Gasteiger partial charge on any atom is 0.247 e. The molecule has 0 amide bonds. The van der Waals surface area contributed by atoms with Crippen LogP contribution in [0, 0.1) is 13.8 Å². The average molecular weight is 306 g/mol. The first kappa shape index (κ1) is 15.6. The first-order valence-electron chi connectivity index (χ1n) is 6.77. The summed E-state index contributed by atoms with van der Waals surface area (Å²) >= 11 is 5.89. The Morgan fingerprint density at radius 3 is 2.43 bits per heavy atom. The van der Waals surface area contributed by atoms with Crippen LogP contribution in [0.15, 0.2) is 18.2 Å². The van der Waals surface area contributed by atoms with E-state index in [-0.39, 0.29) is 10.7 Å². The molecule has 0 atom stereocenters. The van der Waals surface area contributed by atoms with Gasteiger partial charge in [-0.1, -0.05) is 32.9 Å². The Hall–Kier alpha value is -1.81. The molecule has 1 heterocycles. The molecule has 0 aliphatic rings. The van der Waals surface area contributed by atoms with E-state index < -0.39 is 0 Å². The molecular formula is C16H20ClN3O. The summed E-state index contributed by atoms with van der Waals surface area (Å²) in [5.74, 6) is 1.03. The highest BCUT2D eigenvalue weighted by Gasteiger charge is 2.21. The first-order chi connectivity index (χ1) is 9.68. The van der Waals surface area contributed by atoms with Gasteiger partial charge in [-0.05, 0) is 42.5 Å². The van der Waals surface area contributed by atoms with Gasteiger partial charge < -0.3 is 10.5 Å². The number of rotatable bonds is 2. The second-order valence-electron chi connectivity index (χ2n) is 6.15. The third-order valence-electron chi connectivity index (χ3n) is 3.23. The molecule has 1 aromatic heterocycles. The monoisotopic (exact) mass is 305 g/mol.